The van der Waals surface area contributed by atoms with Gasteiger partial charge in [0.25, 0.3) is 0 Å². The van der Waals surface area contributed by atoms with E-state index >= 15 is 0 Å². The second kappa shape index (κ2) is 4.94. The van der Waals surface area contributed by atoms with Crippen LogP contribution >= 0.6 is 0 Å². The molecule has 0 saturated carbocycles. The van der Waals surface area contributed by atoms with Crippen LogP contribution < -0.4 is 0 Å². The predicted molar refractivity (Wildman–Crippen MR) is 72.3 cm³/mol. The molecule has 94 valence electrons. The second-order valence-electron chi connectivity index (χ2n) is 4.30. The third-order valence-electron chi connectivity index (χ3n) is 2.95. The van der Waals surface area contributed by atoms with Crippen molar-refractivity contribution in [2.45, 2.75) is 6.42 Å². The number of aromatic hydroxyl groups is 1. The van der Waals surface area contributed by atoms with Crippen LogP contribution in [0.2, 0.25) is 0 Å². The highest BCUT2D eigenvalue weighted by molar-refractivity contribution is 5.34. The molecule has 0 aliphatic carbocycles. The monoisotopic (exact) mass is 251 g/mol. The van der Waals surface area contributed by atoms with E-state index in [1.165, 1.54) is 0 Å². The third-order valence-corrected chi connectivity index (χ3v) is 2.95. The molecular formula is C15H13N3O. The average Bonchev–Trinajstić information content (AvgIpc) is 2.90. The molecule has 0 spiro atoms. The maximum absolute atomic E-state index is 9.28. The van der Waals surface area contributed by atoms with Crippen molar-refractivity contribution in [3.63, 3.8) is 0 Å². The first-order valence-electron chi connectivity index (χ1n) is 6.05. The Morgan fingerprint density at radius 3 is 2.42 bits per heavy atom. The van der Waals surface area contributed by atoms with E-state index in [1.807, 2.05) is 47.0 Å². The molecule has 1 N–H and O–H groups in total. The fraction of sp³-hybridized carbons (Fsp3) is 0.0667. The van der Waals surface area contributed by atoms with Crippen LogP contribution in [0.15, 0.2) is 60.9 Å². The number of hydrogen-bond donors (Lipinski definition) is 1. The highest BCUT2D eigenvalue weighted by Gasteiger charge is 2.07. The lowest BCUT2D eigenvalue weighted by molar-refractivity contribution is 0.475. The maximum atomic E-state index is 9.28. The SMILES string of the molecule is Oc1ccc(Cc2nncn2-c2ccccc2)cc1. The number of hydrogen-bond acceptors (Lipinski definition) is 3. The first-order valence-corrected chi connectivity index (χ1v) is 6.05. The fourth-order valence-electron chi connectivity index (χ4n) is 1.98. The van der Waals surface area contributed by atoms with Crippen molar-refractivity contribution in [3.05, 3.63) is 72.3 Å². The van der Waals surface area contributed by atoms with Gasteiger partial charge in [-0.2, -0.15) is 0 Å². The van der Waals surface area contributed by atoms with Gasteiger partial charge < -0.3 is 5.11 Å². The number of aromatic nitrogens is 3. The zero-order valence-electron chi connectivity index (χ0n) is 10.3. The minimum atomic E-state index is 0.272. The van der Waals surface area contributed by atoms with Gasteiger partial charge >= 0.3 is 0 Å². The molecule has 0 amide bonds. The first kappa shape index (κ1) is 11.5. The number of para-hydroxylation sites is 1. The summed E-state index contributed by atoms with van der Waals surface area (Å²) in [6.07, 6.45) is 2.39. The highest BCUT2D eigenvalue weighted by atomic mass is 16.3. The quantitative estimate of drug-likeness (QED) is 0.778. The molecule has 4 heteroatoms. The molecule has 0 aliphatic heterocycles. The summed E-state index contributed by atoms with van der Waals surface area (Å²) in [4.78, 5) is 0. The molecule has 3 rings (SSSR count). The van der Waals surface area contributed by atoms with Crippen LogP contribution in [0.25, 0.3) is 5.69 Å². The van der Waals surface area contributed by atoms with Crippen molar-refractivity contribution >= 4 is 0 Å². The maximum Gasteiger partial charge on any atom is 0.141 e. The first-order chi connectivity index (χ1) is 9.33. The minimum absolute atomic E-state index is 0.272. The Kier molecular flexibility index (Phi) is 2.98. The molecule has 0 bridgehead atoms. The van der Waals surface area contributed by atoms with Crippen LogP contribution in [-0.4, -0.2) is 19.9 Å². The van der Waals surface area contributed by atoms with Crippen LogP contribution in [0.5, 0.6) is 5.75 Å². The van der Waals surface area contributed by atoms with Crippen molar-refractivity contribution in [1.29, 1.82) is 0 Å². The zero-order chi connectivity index (χ0) is 13.1. The third kappa shape index (κ3) is 2.47. The second-order valence-corrected chi connectivity index (χ2v) is 4.30. The molecule has 2 aromatic carbocycles. The zero-order valence-corrected chi connectivity index (χ0v) is 10.3. The lowest BCUT2D eigenvalue weighted by atomic mass is 10.1. The van der Waals surface area contributed by atoms with E-state index in [1.54, 1.807) is 18.5 Å². The molecule has 19 heavy (non-hydrogen) atoms. The van der Waals surface area contributed by atoms with Crippen molar-refractivity contribution in [1.82, 2.24) is 14.8 Å². The van der Waals surface area contributed by atoms with Gasteiger partial charge in [-0.05, 0) is 29.8 Å². The van der Waals surface area contributed by atoms with Gasteiger partial charge in [0.15, 0.2) is 0 Å². The topological polar surface area (TPSA) is 50.9 Å². The molecule has 0 atom stereocenters. The summed E-state index contributed by atoms with van der Waals surface area (Å²) in [5.41, 5.74) is 2.13. The van der Waals surface area contributed by atoms with Gasteiger partial charge in [-0.1, -0.05) is 30.3 Å². The van der Waals surface area contributed by atoms with E-state index in [0.29, 0.717) is 6.42 Å². The fourth-order valence-corrected chi connectivity index (χ4v) is 1.98. The lowest BCUT2D eigenvalue weighted by Gasteiger charge is -2.06. The van der Waals surface area contributed by atoms with E-state index < -0.39 is 0 Å². The van der Waals surface area contributed by atoms with E-state index in [9.17, 15) is 5.11 Å². The van der Waals surface area contributed by atoms with Crippen LogP contribution in [-0.2, 0) is 6.42 Å². The Labute approximate surface area is 111 Å². The summed E-state index contributed by atoms with van der Waals surface area (Å²) in [5, 5.41) is 17.4. The van der Waals surface area contributed by atoms with E-state index in [0.717, 1.165) is 17.1 Å². The normalized spacial score (nSPS) is 10.5. The summed E-state index contributed by atoms with van der Waals surface area (Å²) in [5.74, 6) is 1.14. The standard InChI is InChI=1S/C15H13N3O/c19-14-8-6-12(7-9-14)10-15-17-16-11-18(15)13-4-2-1-3-5-13/h1-9,11,19H,10H2. The molecule has 1 heterocycles. The summed E-state index contributed by atoms with van der Waals surface area (Å²) >= 11 is 0. The van der Waals surface area contributed by atoms with Crippen molar-refractivity contribution in [2.24, 2.45) is 0 Å². The van der Waals surface area contributed by atoms with E-state index in [2.05, 4.69) is 10.2 Å². The van der Waals surface area contributed by atoms with Crippen molar-refractivity contribution < 1.29 is 5.11 Å². The van der Waals surface area contributed by atoms with E-state index in [-0.39, 0.29) is 5.75 Å². The Bertz CT molecular complexity index is 659. The number of rotatable bonds is 3. The molecule has 0 fully saturated rings. The van der Waals surface area contributed by atoms with Gasteiger partial charge in [0.1, 0.15) is 17.9 Å². The number of nitrogens with zero attached hydrogens (tertiary/aromatic N) is 3. The van der Waals surface area contributed by atoms with Crippen LogP contribution in [0.3, 0.4) is 0 Å². The number of phenols is 1. The summed E-state index contributed by atoms with van der Waals surface area (Å²) in [6.45, 7) is 0. The Morgan fingerprint density at radius 1 is 0.947 bits per heavy atom. The Balaban J connectivity index is 1.91. The smallest absolute Gasteiger partial charge is 0.141 e. The molecule has 0 aliphatic rings. The number of benzene rings is 2. The largest absolute Gasteiger partial charge is 0.508 e. The Hall–Kier alpha value is -2.62. The Morgan fingerprint density at radius 2 is 1.68 bits per heavy atom. The van der Waals surface area contributed by atoms with Gasteiger partial charge in [-0.25, -0.2) is 0 Å². The van der Waals surface area contributed by atoms with Gasteiger partial charge in [0, 0.05) is 12.1 Å². The molecule has 4 nitrogen and oxygen atoms in total. The van der Waals surface area contributed by atoms with Gasteiger partial charge in [0.2, 0.25) is 0 Å². The van der Waals surface area contributed by atoms with Gasteiger partial charge in [0.05, 0.1) is 0 Å². The van der Waals surface area contributed by atoms with Gasteiger partial charge in [-0.15, -0.1) is 10.2 Å². The molecule has 1 aromatic heterocycles. The number of phenolic OH excluding ortho intramolecular Hbond substituents is 1. The summed E-state index contributed by atoms with van der Waals surface area (Å²) < 4.78 is 1.97. The molecule has 0 saturated heterocycles. The van der Waals surface area contributed by atoms with Crippen molar-refractivity contribution in [2.75, 3.05) is 0 Å². The van der Waals surface area contributed by atoms with Gasteiger partial charge in [-0.3, -0.25) is 4.57 Å². The molecule has 3 aromatic rings. The highest BCUT2D eigenvalue weighted by Crippen LogP contribution is 2.15. The van der Waals surface area contributed by atoms with Crippen LogP contribution in [0.4, 0.5) is 0 Å². The summed E-state index contributed by atoms with van der Waals surface area (Å²) in [7, 11) is 0. The van der Waals surface area contributed by atoms with Crippen LogP contribution in [0, 0.1) is 0 Å². The van der Waals surface area contributed by atoms with Crippen molar-refractivity contribution in [3.8, 4) is 11.4 Å². The molecular weight excluding hydrogens is 238 g/mol. The molecule has 0 radical (unpaired) electrons. The summed E-state index contributed by atoms with van der Waals surface area (Å²) in [6, 6.07) is 17.1. The average molecular weight is 251 g/mol. The predicted octanol–water partition coefficient (Wildman–Crippen LogP) is 2.56. The molecule has 0 unspecified atom stereocenters. The van der Waals surface area contributed by atoms with Crippen LogP contribution in [0.1, 0.15) is 11.4 Å². The minimum Gasteiger partial charge on any atom is -0.508 e. The lowest BCUT2D eigenvalue weighted by Crippen LogP contribution is -2.01. The van der Waals surface area contributed by atoms with E-state index in [4.69, 9.17) is 0 Å².